The molecule has 5 nitrogen and oxygen atoms in total. The summed E-state index contributed by atoms with van der Waals surface area (Å²) in [5.41, 5.74) is 0. The first kappa shape index (κ1) is 14.9. The predicted octanol–water partition coefficient (Wildman–Crippen LogP) is 0.552. The van der Waals surface area contributed by atoms with Gasteiger partial charge in [0.25, 0.3) is 0 Å². The third kappa shape index (κ3) is 4.61. The van der Waals surface area contributed by atoms with Crippen LogP contribution in [0.3, 0.4) is 0 Å². The van der Waals surface area contributed by atoms with Crippen molar-refractivity contribution < 1.29 is 14.7 Å². The summed E-state index contributed by atoms with van der Waals surface area (Å²) >= 11 is 0. The monoisotopic (exact) mass is 230 g/mol. The van der Waals surface area contributed by atoms with Crippen molar-refractivity contribution in [3.8, 4) is 0 Å². The Morgan fingerprint density at radius 1 is 1.19 bits per heavy atom. The van der Waals surface area contributed by atoms with Crippen LogP contribution in [0.25, 0.3) is 0 Å². The third-order valence-electron chi connectivity index (χ3n) is 2.64. The highest BCUT2D eigenvalue weighted by Crippen LogP contribution is 2.03. The van der Waals surface area contributed by atoms with Crippen molar-refractivity contribution in [3.63, 3.8) is 0 Å². The second-order valence-electron chi connectivity index (χ2n) is 4.49. The summed E-state index contributed by atoms with van der Waals surface area (Å²) in [7, 11) is 1.64. The number of carboxylic acids is 1. The molecule has 94 valence electrons. The first-order valence-corrected chi connectivity index (χ1v) is 5.49. The molecule has 0 bridgehead atoms. The molecular formula is C11H22N2O3. The molecule has 0 aromatic carbocycles. The average molecular weight is 230 g/mol. The molecule has 0 saturated heterocycles. The zero-order valence-corrected chi connectivity index (χ0v) is 10.7. The lowest BCUT2D eigenvalue weighted by atomic mass is 10.2. The summed E-state index contributed by atoms with van der Waals surface area (Å²) in [6.07, 6.45) is 0. The average Bonchev–Trinajstić information content (AvgIpc) is 2.22. The number of rotatable bonds is 6. The van der Waals surface area contributed by atoms with Crippen LogP contribution in [0.15, 0.2) is 0 Å². The van der Waals surface area contributed by atoms with Crippen molar-refractivity contribution in [1.82, 2.24) is 10.2 Å². The number of carbonyl (C=O) groups excluding carboxylic acids is 1. The molecule has 0 spiro atoms. The van der Waals surface area contributed by atoms with E-state index in [1.807, 2.05) is 13.8 Å². The SMILES string of the molecule is CC(C)CNC(=O)C(C)N(C)C(C)C(=O)O. The number of aliphatic carboxylic acids is 1. The summed E-state index contributed by atoms with van der Waals surface area (Å²) in [6.45, 7) is 7.89. The maximum absolute atomic E-state index is 11.7. The van der Waals surface area contributed by atoms with Gasteiger partial charge in [0.1, 0.15) is 6.04 Å². The van der Waals surface area contributed by atoms with E-state index in [4.69, 9.17) is 5.11 Å². The molecule has 0 aliphatic rings. The van der Waals surface area contributed by atoms with Crippen LogP contribution >= 0.6 is 0 Å². The molecule has 0 aromatic rings. The number of hydrogen-bond donors (Lipinski definition) is 2. The minimum absolute atomic E-state index is 0.135. The molecule has 0 heterocycles. The summed E-state index contributed by atoms with van der Waals surface area (Å²) < 4.78 is 0. The molecule has 0 fully saturated rings. The van der Waals surface area contributed by atoms with Gasteiger partial charge in [-0.3, -0.25) is 14.5 Å². The number of nitrogens with one attached hydrogen (secondary N) is 1. The highest BCUT2D eigenvalue weighted by Gasteiger charge is 2.25. The molecule has 16 heavy (non-hydrogen) atoms. The summed E-state index contributed by atoms with van der Waals surface area (Å²) in [6, 6.07) is -1.11. The van der Waals surface area contributed by atoms with Gasteiger partial charge in [0, 0.05) is 6.54 Å². The van der Waals surface area contributed by atoms with Gasteiger partial charge in [-0.15, -0.1) is 0 Å². The molecule has 1 amide bonds. The molecule has 0 aromatic heterocycles. The Morgan fingerprint density at radius 3 is 2.06 bits per heavy atom. The summed E-state index contributed by atoms with van der Waals surface area (Å²) in [5.74, 6) is -0.673. The first-order valence-electron chi connectivity index (χ1n) is 5.49. The largest absolute Gasteiger partial charge is 0.480 e. The Morgan fingerprint density at radius 2 is 1.69 bits per heavy atom. The Bertz CT molecular complexity index is 254. The lowest BCUT2D eigenvalue weighted by Crippen LogP contribution is -2.49. The summed E-state index contributed by atoms with van der Waals surface area (Å²) in [4.78, 5) is 24.0. The predicted molar refractivity (Wildman–Crippen MR) is 62.2 cm³/mol. The fourth-order valence-corrected chi connectivity index (χ4v) is 1.15. The van der Waals surface area contributed by atoms with Gasteiger partial charge >= 0.3 is 5.97 Å². The van der Waals surface area contributed by atoms with Gasteiger partial charge in [0.2, 0.25) is 5.91 Å². The Labute approximate surface area is 96.8 Å². The molecular weight excluding hydrogens is 208 g/mol. The molecule has 5 heteroatoms. The maximum Gasteiger partial charge on any atom is 0.320 e. The molecule has 0 aliphatic carbocycles. The van der Waals surface area contributed by atoms with E-state index in [1.54, 1.807) is 20.9 Å². The standard InChI is InChI=1S/C11H22N2O3/c1-7(2)6-12-10(14)8(3)13(5)9(4)11(15)16/h7-9H,6H2,1-5H3,(H,12,14)(H,15,16). The van der Waals surface area contributed by atoms with Crippen LogP contribution in [-0.2, 0) is 9.59 Å². The van der Waals surface area contributed by atoms with E-state index in [9.17, 15) is 9.59 Å². The maximum atomic E-state index is 11.7. The molecule has 0 rings (SSSR count). The zero-order chi connectivity index (χ0) is 12.9. The number of hydrogen-bond acceptors (Lipinski definition) is 3. The molecule has 0 saturated carbocycles. The number of carboxylic acid groups (broad SMARTS) is 1. The lowest BCUT2D eigenvalue weighted by Gasteiger charge is -2.27. The van der Waals surface area contributed by atoms with Gasteiger partial charge < -0.3 is 10.4 Å². The minimum atomic E-state index is -0.925. The smallest absolute Gasteiger partial charge is 0.320 e. The Balaban J connectivity index is 4.26. The zero-order valence-electron chi connectivity index (χ0n) is 10.7. The van der Waals surface area contributed by atoms with Crippen molar-refractivity contribution in [3.05, 3.63) is 0 Å². The van der Waals surface area contributed by atoms with E-state index >= 15 is 0 Å². The second kappa shape index (κ2) is 6.48. The highest BCUT2D eigenvalue weighted by atomic mass is 16.4. The van der Waals surface area contributed by atoms with Crippen LogP contribution in [-0.4, -0.2) is 47.6 Å². The van der Waals surface area contributed by atoms with E-state index < -0.39 is 18.1 Å². The first-order chi connectivity index (χ1) is 7.27. The van der Waals surface area contributed by atoms with Crippen molar-refractivity contribution in [2.24, 2.45) is 5.92 Å². The Kier molecular flexibility index (Phi) is 6.03. The fourth-order valence-electron chi connectivity index (χ4n) is 1.15. The van der Waals surface area contributed by atoms with Gasteiger partial charge in [-0.05, 0) is 26.8 Å². The van der Waals surface area contributed by atoms with Gasteiger partial charge in [0.05, 0.1) is 6.04 Å². The van der Waals surface area contributed by atoms with Crippen molar-refractivity contribution in [1.29, 1.82) is 0 Å². The van der Waals surface area contributed by atoms with Crippen LogP contribution in [0.5, 0.6) is 0 Å². The van der Waals surface area contributed by atoms with Crippen molar-refractivity contribution in [2.75, 3.05) is 13.6 Å². The molecule has 2 N–H and O–H groups in total. The van der Waals surface area contributed by atoms with E-state index in [2.05, 4.69) is 5.32 Å². The molecule has 2 atom stereocenters. The third-order valence-corrected chi connectivity index (χ3v) is 2.64. The van der Waals surface area contributed by atoms with Crippen LogP contribution in [0.1, 0.15) is 27.7 Å². The van der Waals surface area contributed by atoms with Gasteiger partial charge in [-0.1, -0.05) is 13.8 Å². The van der Waals surface area contributed by atoms with Gasteiger partial charge in [-0.2, -0.15) is 0 Å². The normalized spacial score (nSPS) is 14.9. The van der Waals surface area contributed by atoms with Crippen LogP contribution in [0.2, 0.25) is 0 Å². The quantitative estimate of drug-likeness (QED) is 0.699. The van der Waals surface area contributed by atoms with E-state index in [-0.39, 0.29) is 5.91 Å². The molecule has 0 aliphatic heterocycles. The summed E-state index contributed by atoms with van der Waals surface area (Å²) in [5, 5.41) is 11.6. The number of carbonyl (C=O) groups is 2. The number of amides is 1. The van der Waals surface area contributed by atoms with Gasteiger partial charge in [0.15, 0.2) is 0 Å². The Hall–Kier alpha value is -1.10. The second-order valence-corrected chi connectivity index (χ2v) is 4.49. The van der Waals surface area contributed by atoms with Crippen LogP contribution < -0.4 is 5.32 Å². The van der Waals surface area contributed by atoms with Gasteiger partial charge in [-0.25, -0.2) is 0 Å². The van der Waals surface area contributed by atoms with E-state index in [0.717, 1.165) is 0 Å². The molecule has 2 unspecified atom stereocenters. The van der Waals surface area contributed by atoms with E-state index in [1.165, 1.54) is 4.90 Å². The van der Waals surface area contributed by atoms with Crippen LogP contribution in [0.4, 0.5) is 0 Å². The lowest BCUT2D eigenvalue weighted by molar-refractivity contribution is -0.143. The number of likely N-dealkylation sites (N-methyl/N-ethyl adjacent to an activating group) is 1. The topological polar surface area (TPSA) is 69.6 Å². The van der Waals surface area contributed by atoms with Crippen molar-refractivity contribution >= 4 is 11.9 Å². The molecule has 0 radical (unpaired) electrons. The minimum Gasteiger partial charge on any atom is -0.480 e. The fraction of sp³-hybridized carbons (Fsp3) is 0.818. The van der Waals surface area contributed by atoms with E-state index in [0.29, 0.717) is 12.5 Å². The number of nitrogens with zero attached hydrogens (tertiary/aromatic N) is 1. The van der Waals surface area contributed by atoms with Crippen LogP contribution in [0, 0.1) is 5.92 Å². The highest BCUT2D eigenvalue weighted by molar-refractivity contribution is 5.82. The van der Waals surface area contributed by atoms with Crippen molar-refractivity contribution in [2.45, 2.75) is 39.8 Å².